The lowest BCUT2D eigenvalue weighted by Gasteiger charge is -2.22. The van der Waals surface area contributed by atoms with Gasteiger partial charge in [0.15, 0.2) is 5.82 Å². The summed E-state index contributed by atoms with van der Waals surface area (Å²) in [6, 6.07) is 0. The molecule has 4 nitrogen and oxygen atoms in total. The summed E-state index contributed by atoms with van der Waals surface area (Å²) >= 11 is 0. The molecule has 1 aliphatic rings. The van der Waals surface area contributed by atoms with Gasteiger partial charge >= 0.3 is 0 Å². The summed E-state index contributed by atoms with van der Waals surface area (Å²) in [5, 5.41) is 12.2. The lowest BCUT2D eigenvalue weighted by atomic mass is 9.83. The lowest BCUT2D eigenvalue weighted by Crippen LogP contribution is -2.11. The maximum Gasteiger partial charge on any atom is 0.177 e. The van der Waals surface area contributed by atoms with E-state index in [9.17, 15) is 0 Å². The predicted molar refractivity (Wildman–Crippen MR) is 48.9 cm³/mol. The van der Waals surface area contributed by atoms with Crippen LogP contribution in [0.1, 0.15) is 44.3 Å². The van der Waals surface area contributed by atoms with Gasteiger partial charge in [0.05, 0.1) is 7.05 Å². The molecule has 13 heavy (non-hydrogen) atoms. The number of nitrogens with zero attached hydrogens (tertiary/aromatic N) is 4. The van der Waals surface area contributed by atoms with Crippen LogP contribution in [0, 0.1) is 5.92 Å². The van der Waals surface area contributed by atoms with E-state index in [2.05, 4.69) is 22.3 Å². The Labute approximate surface area is 78.3 Å². The molecular formula is C9H15N4. The topological polar surface area (TPSA) is 43.6 Å². The summed E-state index contributed by atoms with van der Waals surface area (Å²) in [5.41, 5.74) is 0. The number of hydrogen-bond donors (Lipinski definition) is 0. The second kappa shape index (κ2) is 3.44. The van der Waals surface area contributed by atoms with Crippen LogP contribution in [0.4, 0.5) is 0 Å². The summed E-state index contributed by atoms with van der Waals surface area (Å²) in [5.74, 6) is 3.08. The average molecular weight is 179 g/mol. The predicted octanol–water partition coefficient (Wildman–Crippen LogP) is 1.46. The summed E-state index contributed by atoms with van der Waals surface area (Å²) in [7, 11) is 1.82. The number of aromatic nitrogens is 4. The van der Waals surface area contributed by atoms with Gasteiger partial charge in [0.2, 0.25) is 0 Å². The first-order valence-corrected chi connectivity index (χ1v) is 4.81. The summed E-state index contributed by atoms with van der Waals surface area (Å²) in [6.45, 7) is 2.24. The highest BCUT2D eigenvalue weighted by atomic mass is 15.6. The standard InChI is InChI=1S/C9H15N4/c1-7-3-5-8(6-4-7)9-10-12-13(2)11-9/h8H,3-6H2,1-2H3. The Balaban J connectivity index is 2.02. The molecule has 1 aromatic rings. The van der Waals surface area contributed by atoms with Gasteiger partial charge in [-0.05, 0) is 36.8 Å². The normalized spacial score (nSPS) is 20.8. The van der Waals surface area contributed by atoms with Crippen LogP contribution < -0.4 is 0 Å². The summed E-state index contributed by atoms with van der Waals surface area (Å²) in [6.07, 6.45) is 4.83. The molecule has 0 aromatic carbocycles. The molecule has 1 radical (unpaired) electrons. The fraction of sp³-hybridized carbons (Fsp3) is 0.778. The molecular weight excluding hydrogens is 164 g/mol. The van der Waals surface area contributed by atoms with Crippen molar-refractivity contribution in [3.63, 3.8) is 0 Å². The van der Waals surface area contributed by atoms with Crippen molar-refractivity contribution in [1.82, 2.24) is 20.2 Å². The van der Waals surface area contributed by atoms with E-state index >= 15 is 0 Å². The fourth-order valence-electron chi connectivity index (χ4n) is 1.83. The molecule has 1 fully saturated rings. The first kappa shape index (κ1) is 8.66. The largest absolute Gasteiger partial charge is 0.177 e. The second-order valence-corrected chi connectivity index (χ2v) is 3.87. The molecule has 0 atom stereocenters. The van der Waals surface area contributed by atoms with Crippen molar-refractivity contribution in [1.29, 1.82) is 0 Å². The van der Waals surface area contributed by atoms with Crippen LogP contribution in [0.5, 0.6) is 0 Å². The van der Waals surface area contributed by atoms with Crippen molar-refractivity contribution >= 4 is 0 Å². The van der Waals surface area contributed by atoms with Gasteiger partial charge in [-0.15, -0.1) is 10.2 Å². The van der Waals surface area contributed by atoms with Crippen LogP contribution in [0.2, 0.25) is 0 Å². The van der Waals surface area contributed by atoms with Crippen molar-refractivity contribution in [3.05, 3.63) is 11.7 Å². The Kier molecular flexibility index (Phi) is 2.29. The lowest BCUT2D eigenvalue weighted by molar-refractivity contribution is 0.453. The maximum absolute atomic E-state index is 4.24. The number of aryl methyl sites for hydroxylation is 1. The molecule has 0 bridgehead atoms. The zero-order valence-electron chi connectivity index (χ0n) is 8.19. The Bertz CT molecular complexity index is 273. The van der Waals surface area contributed by atoms with E-state index in [0.717, 1.165) is 5.82 Å². The number of hydrogen-bond acceptors (Lipinski definition) is 3. The maximum atomic E-state index is 4.24. The van der Waals surface area contributed by atoms with Crippen LogP contribution >= 0.6 is 0 Å². The Morgan fingerprint density at radius 3 is 2.54 bits per heavy atom. The van der Waals surface area contributed by atoms with Gasteiger partial charge in [0, 0.05) is 5.92 Å². The highest BCUT2D eigenvalue weighted by Gasteiger charge is 2.23. The molecule has 0 saturated heterocycles. The first-order chi connectivity index (χ1) is 6.25. The first-order valence-electron chi connectivity index (χ1n) is 4.81. The molecule has 0 aliphatic heterocycles. The zero-order chi connectivity index (χ0) is 9.26. The minimum absolute atomic E-state index is 0.539. The average Bonchev–Trinajstić information content (AvgIpc) is 2.53. The van der Waals surface area contributed by atoms with Gasteiger partial charge in [-0.3, -0.25) is 0 Å². The van der Waals surface area contributed by atoms with Gasteiger partial charge in [-0.2, -0.15) is 4.80 Å². The van der Waals surface area contributed by atoms with Gasteiger partial charge in [-0.1, -0.05) is 6.92 Å². The van der Waals surface area contributed by atoms with Crippen molar-refractivity contribution in [2.75, 3.05) is 0 Å². The third-order valence-corrected chi connectivity index (χ3v) is 2.73. The molecule has 1 heterocycles. The fourth-order valence-corrected chi connectivity index (χ4v) is 1.83. The van der Waals surface area contributed by atoms with Crippen molar-refractivity contribution in [3.8, 4) is 0 Å². The Morgan fingerprint density at radius 1 is 1.31 bits per heavy atom. The molecule has 0 N–H and O–H groups in total. The second-order valence-electron chi connectivity index (χ2n) is 3.87. The molecule has 4 heteroatoms. The SMILES string of the molecule is C[C]1CCC(c2nnn(C)n2)CC1. The van der Waals surface area contributed by atoms with E-state index in [1.165, 1.54) is 25.7 Å². The van der Waals surface area contributed by atoms with Crippen molar-refractivity contribution < 1.29 is 0 Å². The Morgan fingerprint density at radius 2 is 2.00 bits per heavy atom. The van der Waals surface area contributed by atoms with Crippen LogP contribution in [-0.4, -0.2) is 20.2 Å². The van der Waals surface area contributed by atoms with Crippen LogP contribution in [0.15, 0.2) is 0 Å². The minimum atomic E-state index is 0.539. The third kappa shape index (κ3) is 1.87. The zero-order valence-corrected chi connectivity index (χ0v) is 8.19. The quantitative estimate of drug-likeness (QED) is 0.655. The van der Waals surface area contributed by atoms with E-state index in [4.69, 9.17) is 0 Å². The summed E-state index contributed by atoms with van der Waals surface area (Å²) in [4.78, 5) is 1.54. The smallest absolute Gasteiger partial charge is 0.167 e. The van der Waals surface area contributed by atoms with Crippen LogP contribution in [0.25, 0.3) is 0 Å². The molecule has 0 amide bonds. The van der Waals surface area contributed by atoms with Crippen LogP contribution in [-0.2, 0) is 7.05 Å². The van der Waals surface area contributed by atoms with Gasteiger partial charge in [0.25, 0.3) is 0 Å². The van der Waals surface area contributed by atoms with E-state index in [1.807, 2.05) is 7.05 Å². The van der Waals surface area contributed by atoms with E-state index in [-0.39, 0.29) is 0 Å². The van der Waals surface area contributed by atoms with E-state index in [0.29, 0.717) is 5.92 Å². The monoisotopic (exact) mass is 179 g/mol. The third-order valence-electron chi connectivity index (χ3n) is 2.73. The highest BCUT2D eigenvalue weighted by Crippen LogP contribution is 2.34. The molecule has 1 aliphatic carbocycles. The Hall–Kier alpha value is -0.930. The van der Waals surface area contributed by atoms with Crippen molar-refractivity contribution in [2.24, 2.45) is 7.05 Å². The van der Waals surface area contributed by atoms with E-state index in [1.54, 1.807) is 10.7 Å². The molecule has 0 unspecified atom stereocenters. The molecule has 2 rings (SSSR count). The molecule has 1 saturated carbocycles. The van der Waals surface area contributed by atoms with Gasteiger partial charge in [0.1, 0.15) is 0 Å². The molecule has 1 aromatic heterocycles. The number of rotatable bonds is 1. The molecule has 71 valence electrons. The van der Waals surface area contributed by atoms with Crippen molar-refractivity contribution in [2.45, 2.75) is 38.5 Å². The highest BCUT2D eigenvalue weighted by molar-refractivity contribution is 5.00. The number of tetrazole rings is 1. The summed E-state index contributed by atoms with van der Waals surface area (Å²) < 4.78 is 0. The van der Waals surface area contributed by atoms with Gasteiger partial charge < -0.3 is 0 Å². The van der Waals surface area contributed by atoms with Crippen LogP contribution in [0.3, 0.4) is 0 Å². The minimum Gasteiger partial charge on any atom is -0.167 e. The van der Waals surface area contributed by atoms with Gasteiger partial charge in [-0.25, -0.2) is 0 Å². The van der Waals surface area contributed by atoms with E-state index < -0.39 is 0 Å². The molecule has 0 spiro atoms.